The van der Waals surface area contributed by atoms with Crippen LogP contribution in [0.5, 0.6) is 0 Å². The quantitative estimate of drug-likeness (QED) is 0.453. The second-order valence-corrected chi connectivity index (χ2v) is 6.84. The molecule has 150 valence electrons. The number of aliphatic carboxylic acids is 1. The number of carboxylic acids is 1. The van der Waals surface area contributed by atoms with Crippen molar-refractivity contribution in [2.45, 2.75) is 64.1 Å². The van der Waals surface area contributed by atoms with E-state index in [1.54, 1.807) is 24.3 Å². The number of carbonyl (C=O) groups is 2. The van der Waals surface area contributed by atoms with Crippen LogP contribution in [0.25, 0.3) is 0 Å². The lowest BCUT2D eigenvalue weighted by atomic mass is 9.90. The fraction of sp³-hybridized carbons (Fsp3) is 0.545. The van der Waals surface area contributed by atoms with Gasteiger partial charge in [-0.2, -0.15) is 0 Å². The molecule has 1 aliphatic rings. The predicted molar refractivity (Wildman–Crippen MR) is 106 cm³/mol. The van der Waals surface area contributed by atoms with Crippen LogP contribution in [0, 0.1) is 11.8 Å². The first-order valence-corrected chi connectivity index (χ1v) is 9.69. The minimum absolute atomic E-state index is 0.0638. The lowest BCUT2D eigenvalue weighted by Gasteiger charge is -2.16. The molecule has 0 heterocycles. The first-order valence-electron chi connectivity index (χ1n) is 9.69. The lowest BCUT2D eigenvalue weighted by molar-refractivity contribution is -0.136. The van der Waals surface area contributed by atoms with Gasteiger partial charge in [-0.05, 0) is 32.1 Å². The summed E-state index contributed by atoms with van der Waals surface area (Å²) < 4.78 is 0. The van der Waals surface area contributed by atoms with Crippen molar-refractivity contribution in [1.29, 1.82) is 0 Å². The van der Waals surface area contributed by atoms with Crippen molar-refractivity contribution < 1.29 is 24.9 Å². The highest BCUT2D eigenvalue weighted by molar-refractivity contribution is 5.84. The molecular weight excluding hydrogens is 344 g/mol. The van der Waals surface area contributed by atoms with E-state index in [1.165, 1.54) is 0 Å². The molecule has 0 radical (unpaired) electrons. The van der Waals surface area contributed by atoms with E-state index in [4.69, 9.17) is 5.11 Å². The zero-order chi connectivity index (χ0) is 20.1. The van der Waals surface area contributed by atoms with Gasteiger partial charge in [0.05, 0.1) is 12.2 Å². The number of rotatable bonds is 12. The van der Waals surface area contributed by atoms with Crippen molar-refractivity contribution in [2.24, 2.45) is 11.8 Å². The standard InChI is InChI=1S/C22H32O5/c1-2-3-4-5-6-9-12-18-19(21(25)16-20(18)24)15-14-17(23)11-8-7-10-13-22(26)27/h3-4,6-9,14-15,17-19,21,23,25H,2,5,10-13,16H2,1H3,(H,26,27)/b4-3-,8-7-,9-6-,15-14+/t17-,18+,19+,21+/m0/s1. The number of carboxylic acid groups (broad SMARTS) is 1. The number of aliphatic hydroxyl groups is 2. The van der Waals surface area contributed by atoms with Gasteiger partial charge in [0.1, 0.15) is 5.78 Å². The maximum absolute atomic E-state index is 12.1. The van der Waals surface area contributed by atoms with Crippen LogP contribution in [0.3, 0.4) is 0 Å². The first-order chi connectivity index (χ1) is 13.0. The Bertz CT molecular complexity index is 573. The highest BCUT2D eigenvalue weighted by Gasteiger charge is 2.39. The van der Waals surface area contributed by atoms with E-state index < -0.39 is 18.2 Å². The van der Waals surface area contributed by atoms with Crippen LogP contribution in [-0.4, -0.2) is 39.3 Å². The molecular formula is C22H32O5. The molecule has 0 aromatic carbocycles. The Labute approximate surface area is 161 Å². The fourth-order valence-corrected chi connectivity index (χ4v) is 3.10. The summed E-state index contributed by atoms with van der Waals surface area (Å²) >= 11 is 0. The van der Waals surface area contributed by atoms with Gasteiger partial charge in [0.2, 0.25) is 0 Å². The Morgan fingerprint density at radius 2 is 1.93 bits per heavy atom. The number of aliphatic hydroxyl groups excluding tert-OH is 2. The zero-order valence-corrected chi connectivity index (χ0v) is 16.0. The van der Waals surface area contributed by atoms with E-state index >= 15 is 0 Å². The molecule has 1 fully saturated rings. The number of hydrogen-bond donors (Lipinski definition) is 3. The molecule has 1 saturated carbocycles. The van der Waals surface area contributed by atoms with Gasteiger partial charge in [0.25, 0.3) is 0 Å². The summed E-state index contributed by atoms with van der Waals surface area (Å²) in [4.78, 5) is 22.6. The van der Waals surface area contributed by atoms with Crippen molar-refractivity contribution in [3.05, 3.63) is 48.6 Å². The second-order valence-electron chi connectivity index (χ2n) is 6.84. The Balaban J connectivity index is 2.50. The van der Waals surface area contributed by atoms with Gasteiger partial charge >= 0.3 is 5.97 Å². The largest absolute Gasteiger partial charge is 0.481 e. The lowest BCUT2D eigenvalue weighted by Crippen LogP contribution is -2.18. The summed E-state index contributed by atoms with van der Waals surface area (Å²) in [5.74, 6) is -1.31. The fourth-order valence-electron chi connectivity index (χ4n) is 3.10. The predicted octanol–water partition coefficient (Wildman–Crippen LogP) is 3.58. The average Bonchev–Trinajstić information content (AvgIpc) is 2.88. The molecule has 0 saturated heterocycles. The minimum atomic E-state index is -0.846. The molecule has 1 rings (SSSR count). The molecule has 3 N–H and O–H groups in total. The Hall–Kier alpha value is -1.98. The SMILES string of the molecule is CC/C=C\C/C=C\C[C@H]1C(=O)C[C@@H](O)[C@@H]1/C=C/[C@@H](O)C/C=C\CCC(=O)O. The third kappa shape index (κ3) is 9.50. The molecule has 27 heavy (non-hydrogen) atoms. The summed E-state index contributed by atoms with van der Waals surface area (Å²) in [7, 11) is 0. The van der Waals surface area contributed by atoms with Crippen LogP contribution in [0.15, 0.2) is 48.6 Å². The number of hydrogen-bond acceptors (Lipinski definition) is 4. The van der Waals surface area contributed by atoms with Crippen LogP contribution >= 0.6 is 0 Å². The summed E-state index contributed by atoms with van der Waals surface area (Å²) in [6.45, 7) is 2.08. The smallest absolute Gasteiger partial charge is 0.303 e. The molecule has 4 atom stereocenters. The summed E-state index contributed by atoms with van der Waals surface area (Å²) in [5, 5.41) is 28.7. The molecule has 0 bridgehead atoms. The van der Waals surface area contributed by atoms with E-state index in [2.05, 4.69) is 19.1 Å². The monoisotopic (exact) mass is 376 g/mol. The maximum Gasteiger partial charge on any atom is 0.303 e. The number of carbonyl (C=O) groups excluding carboxylic acids is 1. The van der Waals surface area contributed by atoms with Gasteiger partial charge in [0.15, 0.2) is 0 Å². The molecule has 0 amide bonds. The van der Waals surface area contributed by atoms with Gasteiger partial charge in [-0.25, -0.2) is 0 Å². The Kier molecular flexibility index (Phi) is 11.3. The molecule has 0 aliphatic heterocycles. The van der Waals surface area contributed by atoms with Crippen molar-refractivity contribution in [3.63, 3.8) is 0 Å². The molecule has 0 aromatic heterocycles. The third-order valence-corrected chi connectivity index (χ3v) is 4.59. The number of allylic oxidation sites excluding steroid dienone is 5. The second kappa shape index (κ2) is 13.2. The van der Waals surface area contributed by atoms with Crippen molar-refractivity contribution in [1.82, 2.24) is 0 Å². The molecule has 1 aliphatic carbocycles. The van der Waals surface area contributed by atoms with Crippen molar-refractivity contribution in [3.8, 4) is 0 Å². The summed E-state index contributed by atoms with van der Waals surface area (Å²) in [6.07, 6.45) is 17.1. The van der Waals surface area contributed by atoms with E-state index in [-0.39, 0.29) is 30.5 Å². The highest BCUT2D eigenvalue weighted by atomic mass is 16.4. The summed E-state index contributed by atoms with van der Waals surface area (Å²) in [5.41, 5.74) is 0. The maximum atomic E-state index is 12.1. The van der Waals surface area contributed by atoms with Gasteiger partial charge in [-0.1, -0.05) is 55.5 Å². The van der Waals surface area contributed by atoms with Gasteiger partial charge in [0, 0.05) is 24.7 Å². The van der Waals surface area contributed by atoms with E-state index in [0.29, 0.717) is 19.3 Å². The average molecular weight is 376 g/mol. The first kappa shape index (κ1) is 23.1. The van der Waals surface area contributed by atoms with Crippen LogP contribution in [0.4, 0.5) is 0 Å². The van der Waals surface area contributed by atoms with Crippen LogP contribution in [-0.2, 0) is 9.59 Å². The third-order valence-electron chi connectivity index (χ3n) is 4.59. The van der Waals surface area contributed by atoms with E-state index in [1.807, 2.05) is 12.2 Å². The van der Waals surface area contributed by atoms with E-state index in [9.17, 15) is 19.8 Å². The number of Topliss-reactive ketones (excluding diaryl/α,β-unsaturated/α-hetero) is 1. The van der Waals surface area contributed by atoms with Gasteiger partial charge < -0.3 is 15.3 Å². The Morgan fingerprint density at radius 3 is 2.63 bits per heavy atom. The van der Waals surface area contributed by atoms with Crippen LogP contribution in [0.1, 0.15) is 51.9 Å². The Morgan fingerprint density at radius 1 is 1.19 bits per heavy atom. The summed E-state index contributed by atoms with van der Waals surface area (Å²) in [6, 6.07) is 0. The number of ketones is 1. The molecule has 5 nitrogen and oxygen atoms in total. The van der Waals surface area contributed by atoms with Gasteiger partial charge in [-0.15, -0.1) is 0 Å². The van der Waals surface area contributed by atoms with Crippen LogP contribution < -0.4 is 0 Å². The molecule has 0 aromatic rings. The zero-order valence-electron chi connectivity index (χ0n) is 16.0. The molecule has 0 spiro atoms. The minimum Gasteiger partial charge on any atom is -0.481 e. The van der Waals surface area contributed by atoms with Crippen molar-refractivity contribution >= 4 is 11.8 Å². The molecule has 5 heteroatoms. The van der Waals surface area contributed by atoms with Crippen LogP contribution in [0.2, 0.25) is 0 Å². The normalized spacial score (nSPS) is 24.9. The van der Waals surface area contributed by atoms with Crippen molar-refractivity contribution in [2.75, 3.05) is 0 Å². The topological polar surface area (TPSA) is 94.8 Å². The van der Waals surface area contributed by atoms with E-state index in [0.717, 1.165) is 12.8 Å². The molecule has 0 unspecified atom stereocenters. The van der Waals surface area contributed by atoms with Gasteiger partial charge in [-0.3, -0.25) is 9.59 Å². The highest BCUT2D eigenvalue weighted by Crippen LogP contribution is 2.33.